The Morgan fingerprint density at radius 3 is 3.08 bits per heavy atom. The van der Waals surface area contributed by atoms with E-state index in [0.29, 0.717) is 0 Å². The second-order valence-corrected chi connectivity index (χ2v) is 2.62. The van der Waals surface area contributed by atoms with Gasteiger partial charge >= 0.3 is 0 Å². The summed E-state index contributed by atoms with van der Waals surface area (Å²) in [5.41, 5.74) is 5.34. The number of aryl methyl sites for hydroxylation is 1. The highest BCUT2D eigenvalue weighted by atomic mass is 15.3. The van der Waals surface area contributed by atoms with Gasteiger partial charge in [-0.05, 0) is 19.5 Å². The Kier molecular flexibility index (Phi) is 3.69. The van der Waals surface area contributed by atoms with Crippen LogP contribution in [0.5, 0.6) is 0 Å². The molecule has 68 valence electrons. The molecule has 0 aliphatic rings. The van der Waals surface area contributed by atoms with Crippen molar-refractivity contribution in [3.05, 3.63) is 12.2 Å². The van der Waals surface area contributed by atoms with Crippen LogP contribution in [0.25, 0.3) is 0 Å². The molecule has 1 aromatic heterocycles. The zero-order valence-electron chi connectivity index (χ0n) is 7.32. The quantitative estimate of drug-likeness (QED) is 0.569. The van der Waals surface area contributed by atoms with Crippen molar-refractivity contribution >= 4 is 0 Å². The summed E-state index contributed by atoms with van der Waals surface area (Å²) in [4.78, 5) is 4.07. The molecule has 0 saturated heterocycles. The summed E-state index contributed by atoms with van der Waals surface area (Å²) >= 11 is 0. The molecule has 5 nitrogen and oxygen atoms in total. The monoisotopic (exact) mass is 169 g/mol. The van der Waals surface area contributed by atoms with Crippen LogP contribution in [0.4, 0.5) is 0 Å². The van der Waals surface area contributed by atoms with Crippen LogP contribution in [0.1, 0.15) is 12.2 Å². The zero-order valence-corrected chi connectivity index (χ0v) is 7.32. The molecular formula is C7H15N5. The second-order valence-electron chi connectivity index (χ2n) is 2.62. The van der Waals surface area contributed by atoms with Crippen molar-refractivity contribution < 1.29 is 0 Å². The molecule has 1 heterocycles. The van der Waals surface area contributed by atoms with Gasteiger partial charge in [-0.2, -0.15) is 5.10 Å². The summed E-state index contributed by atoms with van der Waals surface area (Å²) < 4.78 is 1.76. The molecule has 0 unspecified atom stereocenters. The third kappa shape index (κ3) is 2.60. The van der Waals surface area contributed by atoms with Gasteiger partial charge in [0.2, 0.25) is 0 Å². The largest absolute Gasteiger partial charge is 0.330 e. The van der Waals surface area contributed by atoms with E-state index in [-0.39, 0.29) is 0 Å². The Balaban J connectivity index is 2.20. The predicted octanol–water partition coefficient (Wildman–Crippen LogP) is -0.746. The van der Waals surface area contributed by atoms with E-state index < -0.39 is 0 Å². The molecule has 12 heavy (non-hydrogen) atoms. The van der Waals surface area contributed by atoms with Crippen molar-refractivity contribution in [3.8, 4) is 0 Å². The van der Waals surface area contributed by atoms with Crippen molar-refractivity contribution in [2.24, 2.45) is 12.8 Å². The number of nitrogens with zero attached hydrogens (tertiary/aromatic N) is 3. The highest BCUT2D eigenvalue weighted by Crippen LogP contribution is 1.88. The standard InChI is InChI=1S/C7H15N5/c1-12-7(10-6-11-12)5-9-4-2-3-8/h6,9H,2-5,8H2,1H3. The number of hydrogen-bond donors (Lipinski definition) is 2. The lowest BCUT2D eigenvalue weighted by atomic mass is 10.4. The Morgan fingerprint density at radius 1 is 1.67 bits per heavy atom. The van der Waals surface area contributed by atoms with Crippen LogP contribution in [0.3, 0.4) is 0 Å². The lowest BCUT2D eigenvalue weighted by molar-refractivity contribution is 0.600. The minimum Gasteiger partial charge on any atom is -0.330 e. The van der Waals surface area contributed by atoms with Crippen molar-refractivity contribution in [2.75, 3.05) is 13.1 Å². The third-order valence-corrected chi connectivity index (χ3v) is 1.65. The van der Waals surface area contributed by atoms with Crippen LogP contribution in [0, 0.1) is 0 Å². The van der Waals surface area contributed by atoms with E-state index in [1.54, 1.807) is 11.0 Å². The molecule has 1 aromatic rings. The molecule has 3 N–H and O–H groups in total. The highest BCUT2D eigenvalue weighted by Gasteiger charge is 1.97. The summed E-state index contributed by atoms with van der Waals surface area (Å²) in [7, 11) is 1.88. The summed E-state index contributed by atoms with van der Waals surface area (Å²) in [6, 6.07) is 0. The maximum absolute atomic E-state index is 5.34. The average Bonchev–Trinajstić information content (AvgIpc) is 2.46. The Labute approximate surface area is 72.0 Å². The van der Waals surface area contributed by atoms with Gasteiger partial charge < -0.3 is 11.1 Å². The number of nitrogens with two attached hydrogens (primary N) is 1. The minimum absolute atomic E-state index is 0.728. The molecule has 0 aromatic carbocycles. The molecule has 0 spiro atoms. The van der Waals surface area contributed by atoms with E-state index in [1.165, 1.54) is 0 Å². The molecule has 0 amide bonds. The molecule has 0 aliphatic carbocycles. The fourth-order valence-corrected chi connectivity index (χ4v) is 0.907. The smallest absolute Gasteiger partial charge is 0.140 e. The number of hydrogen-bond acceptors (Lipinski definition) is 4. The number of rotatable bonds is 5. The van der Waals surface area contributed by atoms with E-state index >= 15 is 0 Å². The van der Waals surface area contributed by atoms with Crippen molar-refractivity contribution in [1.29, 1.82) is 0 Å². The Hall–Kier alpha value is -0.940. The average molecular weight is 169 g/mol. The first-order chi connectivity index (χ1) is 5.84. The molecule has 1 rings (SSSR count). The van der Waals surface area contributed by atoms with Gasteiger partial charge in [-0.25, -0.2) is 4.98 Å². The van der Waals surface area contributed by atoms with Crippen molar-refractivity contribution in [1.82, 2.24) is 20.1 Å². The third-order valence-electron chi connectivity index (χ3n) is 1.65. The molecule has 0 fully saturated rings. The summed E-state index contributed by atoms with van der Waals surface area (Å²) in [5.74, 6) is 0.951. The SMILES string of the molecule is Cn1ncnc1CNCCCN. The van der Waals surface area contributed by atoms with Gasteiger partial charge in [-0.15, -0.1) is 0 Å². The van der Waals surface area contributed by atoms with E-state index in [2.05, 4.69) is 15.4 Å². The number of nitrogens with one attached hydrogen (secondary N) is 1. The van der Waals surface area contributed by atoms with Crippen molar-refractivity contribution in [2.45, 2.75) is 13.0 Å². The van der Waals surface area contributed by atoms with Gasteiger partial charge in [0, 0.05) is 7.05 Å². The van der Waals surface area contributed by atoms with Crippen molar-refractivity contribution in [3.63, 3.8) is 0 Å². The fourth-order valence-electron chi connectivity index (χ4n) is 0.907. The van der Waals surface area contributed by atoms with Gasteiger partial charge in [0.25, 0.3) is 0 Å². The summed E-state index contributed by atoms with van der Waals surface area (Å²) in [5, 5.41) is 7.18. The van der Waals surface area contributed by atoms with Crippen LogP contribution >= 0.6 is 0 Å². The zero-order chi connectivity index (χ0) is 8.81. The normalized spacial score (nSPS) is 10.5. The first-order valence-electron chi connectivity index (χ1n) is 4.08. The second kappa shape index (κ2) is 4.84. The van der Waals surface area contributed by atoms with E-state index in [4.69, 9.17) is 5.73 Å². The first kappa shape index (κ1) is 9.15. The van der Waals surface area contributed by atoms with E-state index in [0.717, 1.165) is 31.9 Å². The Morgan fingerprint density at radius 2 is 2.50 bits per heavy atom. The molecule has 5 heteroatoms. The predicted molar refractivity (Wildman–Crippen MR) is 46.4 cm³/mol. The molecule has 0 radical (unpaired) electrons. The van der Waals surface area contributed by atoms with Gasteiger partial charge in [-0.1, -0.05) is 0 Å². The van der Waals surface area contributed by atoms with Crippen LogP contribution in [-0.2, 0) is 13.6 Å². The lowest BCUT2D eigenvalue weighted by Crippen LogP contribution is -2.19. The molecule has 0 bridgehead atoms. The van der Waals surface area contributed by atoms with Crippen LogP contribution in [0.2, 0.25) is 0 Å². The highest BCUT2D eigenvalue weighted by molar-refractivity contribution is 4.81. The van der Waals surface area contributed by atoms with E-state index in [1.807, 2.05) is 7.05 Å². The molecule has 0 saturated carbocycles. The molecule has 0 atom stereocenters. The van der Waals surface area contributed by atoms with Gasteiger partial charge in [0.05, 0.1) is 6.54 Å². The van der Waals surface area contributed by atoms with Crippen LogP contribution < -0.4 is 11.1 Å². The maximum atomic E-state index is 5.34. The lowest BCUT2D eigenvalue weighted by Gasteiger charge is -2.01. The first-order valence-corrected chi connectivity index (χ1v) is 4.08. The van der Waals surface area contributed by atoms with Gasteiger partial charge in [0.1, 0.15) is 12.2 Å². The summed E-state index contributed by atoms with van der Waals surface area (Å²) in [6.45, 7) is 2.42. The Bertz CT molecular complexity index is 219. The van der Waals surface area contributed by atoms with Gasteiger partial charge in [-0.3, -0.25) is 4.68 Å². The minimum atomic E-state index is 0.728. The fraction of sp³-hybridized carbons (Fsp3) is 0.714. The molecular weight excluding hydrogens is 154 g/mol. The van der Waals surface area contributed by atoms with E-state index in [9.17, 15) is 0 Å². The maximum Gasteiger partial charge on any atom is 0.140 e. The molecule has 0 aliphatic heterocycles. The van der Waals surface area contributed by atoms with Gasteiger partial charge in [0.15, 0.2) is 0 Å². The summed E-state index contributed by atoms with van der Waals surface area (Å²) in [6.07, 6.45) is 2.55. The van der Waals surface area contributed by atoms with Crippen LogP contribution in [0.15, 0.2) is 6.33 Å². The number of aromatic nitrogens is 3. The topological polar surface area (TPSA) is 68.8 Å². The van der Waals surface area contributed by atoms with Crippen LogP contribution in [-0.4, -0.2) is 27.9 Å².